The van der Waals surface area contributed by atoms with Crippen LogP contribution in [-0.4, -0.2) is 10.9 Å². The minimum atomic E-state index is 0.00630. The van der Waals surface area contributed by atoms with Crippen molar-refractivity contribution in [2.75, 3.05) is 4.90 Å². The fourth-order valence-electron chi connectivity index (χ4n) is 2.05. The van der Waals surface area contributed by atoms with Gasteiger partial charge in [-0.1, -0.05) is 29.8 Å². The Morgan fingerprint density at radius 2 is 2.06 bits per heavy atom. The maximum atomic E-state index is 12.0. The van der Waals surface area contributed by atoms with Crippen molar-refractivity contribution in [2.24, 2.45) is 0 Å². The molecule has 0 saturated heterocycles. The van der Waals surface area contributed by atoms with Crippen LogP contribution in [-0.2, 0) is 11.2 Å². The number of benzene rings is 1. The summed E-state index contributed by atoms with van der Waals surface area (Å²) in [7, 11) is 0. The minimum absolute atomic E-state index is 0.00630. The van der Waals surface area contributed by atoms with Gasteiger partial charge < -0.3 is 0 Å². The molecule has 0 atom stereocenters. The van der Waals surface area contributed by atoms with Gasteiger partial charge in [-0.05, 0) is 23.8 Å². The number of nitrogens with zero attached hydrogens (tertiary/aromatic N) is 2. The van der Waals surface area contributed by atoms with E-state index in [0.29, 0.717) is 17.3 Å². The highest BCUT2D eigenvalue weighted by Crippen LogP contribution is 2.39. The predicted octanol–water partition coefficient (Wildman–Crippen LogP) is 2.96. The Morgan fingerprint density at radius 1 is 1.18 bits per heavy atom. The molecule has 0 N–H and O–H groups in total. The van der Waals surface area contributed by atoms with Gasteiger partial charge in [-0.25, -0.2) is 4.98 Å². The first kappa shape index (κ1) is 10.3. The molecule has 3 nitrogen and oxygen atoms in total. The van der Waals surface area contributed by atoms with E-state index in [4.69, 9.17) is 11.6 Å². The number of halogens is 1. The Morgan fingerprint density at radius 3 is 2.82 bits per heavy atom. The SMILES string of the molecule is O=C1Cc2cccc(Cl)c2N1c1ccccn1. The predicted molar refractivity (Wildman–Crippen MR) is 66.5 cm³/mol. The van der Waals surface area contributed by atoms with Crippen LogP contribution in [0.2, 0.25) is 5.02 Å². The number of para-hydroxylation sites is 1. The fourth-order valence-corrected chi connectivity index (χ4v) is 2.33. The topological polar surface area (TPSA) is 33.2 Å². The molecule has 2 heterocycles. The van der Waals surface area contributed by atoms with Crippen molar-refractivity contribution in [3.63, 3.8) is 0 Å². The van der Waals surface area contributed by atoms with E-state index >= 15 is 0 Å². The highest BCUT2D eigenvalue weighted by Gasteiger charge is 2.30. The Labute approximate surface area is 104 Å². The van der Waals surface area contributed by atoms with Crippen LogP contribution >= 0.6 is 11.6 Å². The molecule has 17 heavy (non-hydrogen) atoms. The van der Waals surface area contributed by atoms with Gasteiger partial charge in [-0.15, -0.1) is 0 Å². The molecule has 0 saturated carbocycles. The number of amides is 1. The maximum absolute atomic E-state index is 12.0. The van der Waals surface area contributed by atoms with Crippen LogP contribution in [0.5, 0.6) is 0 Å². The molecule has 0 aliphatic carbocycles. The molecular weight excluding hydrogens is 236 g/mol. The summed E-state index contributed by atoms with van der Waals surface area (Å²) in [4.78, 5) is 17.8. The Balaban J connectivity index is 2.18. The lowest BCUT2D eigenvalue weighted by Gasteiger charge is -2.17. The summed E-state index contributed by atoms with van der Waals surface area (Å²) in [5.74, 6) is 0.621. The van der Waals surface area contributed by atoms with Crippen molar-refractivity contribution >= 4 is 29.0 Å². The zero-order chi connectivity index (χ0) is 11.8. The van der Waals surface area contributed by atoms with Gasteiger partial charge in [0.15, 0.2) is 0 Å². The minimum Gasteiger partial charge on any atom is -0.274 e. The zero-order valence-corrected chi connectivity index (χ0v) is 9.69. The average molecular weight is 245 g/mol. The molecule has 0 bridgehead atoms. The monoisotopic (exact) mass is 244 g/mol. The maximum Gasteiger partial charge on any atom is 0.237 e. The zero-order valence-electron chi connectivity index (χ0n) is 8.93. The summed E-state index contributed by atoms with van der Waals surface area (Å²) in [6, 6.07) is 11.0. The summed E-state index contributed by atoms with van der Waals surface area (Å²) in [6.45, 7) is 0. The molecule has 2 aromatic rings. The van der Waals surface area contributed by atoms with Crippen molar-refractivity contribution in [3.05, 3.63) is 53.2 Å². The normalized spacial score (nSPS) is 13.9. The molecule has 0 unspecified atom stereocenters. The molecule has 1 aromatic carbocycles. The molecule has 84 valence electrons. The summed E-state index contributed by atoms with van der Waals surface area (Å²) in [5, 5.41) is 0.582. The van der Waals surface area contributed by atoms with Crippen LogP contribution in [0.15, 0.2) is 42.6 Å². The first-order chi connectivity index (χ1) is 8.27. The highest BCUT2D eigenvalue weighted by molar-refractivity contribution is 6.35. The smallest absolute Gasteiger partial charge is 0.237 e. The molecule has 1 amide bonds. The third-order valence-corrected chi connectivity index (χ3v) is 3.07. The standard InChI is InChI=1S/C13H9ClN2O/c14-10-5-3-4-9-8-12(17)16(13(9)10)11-6-1-2-7-15-11/h1-7H,8H2. The van der Waals surface area contributed by atoms with Gasteiger partial charge in [0, 0.05) is 6.20 Å². The van der Waals surface area contributed by atoms with Gasteiger partial charge in [0.25, 0.3) is 0 Å². The summed E-state index contributed by atoms with van der Waals surface area (Å²) >= 11 is 6.16. The Kier molecular flexibility index (Phi) is 2.34. The van der Waals surface area contributed by atoms with Crippen molar-refractivity contribution < 1.29 is 4.79 Å². The number of anilines is 2. The van der Waals surface area contributed by atoms with Crippen LogP contribution in [0.25, 0.3) is 0 Å². The number of aromatic nitrogens is 1. The lowest BCUT2D eigenvalue weighted by Crippen LogP contribution is -2.21. The van der Waals surface area contributed by atoms with E-state index in [1.807, 2.05) is 24.3 Å². The molecule has 0 spiro atoms. The van der Waals surface area contributed by atoms with Crippen LogP contribution in [0.1, 0.15) is 5.56 Å². The summed E-state index contributed by atoms with van der Waals surface area (Å²) in [5.41, 5.74) is 1.71. The second-order valence-electron chi connectivity index (χ2n) is 3.84. The van der Waals surface area contributed by atoms with Crippen molar-refractivity contribution in [1.29, 1.82) is 0 Å². The molecule has 4 heteroatoms. The lowest BCUT2D eigenvalue weighted by molar-refractivity contribution is -0.116. The van der Waals surface area contributed by atoms with Crippen molar-refractivity contribution in [1.82, 2.24) is 4.98 Å². The second-order valence-corrected chi connectivity index (χ2v) is 4.25. The first-order valence-electron chi connectivity index (χ1n) is 5.29. The Bertz CT molecular complexity index is 583. The third-order valence-electron chi connectivity index (χ3n) is 2.76. The van der Waals surface area contributed by atoms with Gasteiger partial charge in [0.05, 0.1) is 17.1 Å². The van der Waals surface area contributed by atoms with Crippen LogP contribution in [0.3, 0.4) is 0 Å². The van der Waals surface area contributed by atoms with E-state index in [2.05, 4.69) is 4.98 Å². The van der Waals surface area contributed by atoms with Gasteiger partial charge in [0.2, 0.25) is 5.91 Å². The van der Waals surface area contributed by atoms with E-state index in [-0.39, 0.29) is 5.91 Å². The van der Waals surface area contributed by atoms with E-state index in [9.17, 15) is 4.79 Å². The molecule has 1 aromatic heterocycles. The Hall–Kier alpha value is -1.87. The summed E-state index contributed by atoms with van der Waals surface area (Å²) < 4.78 is 0. The molecule has 0 fully saturated rings. The summed E-state index contributed by atoms with van der Waals surface area (Å²) in [6.07, 6.45) is 2.05. The van der Waals surface area contributed by atoms with Gasteiger partial charge >= 0.3 is 0 Å². The number of carbonyl (C=O) groups is 1. The van der Waals surface area contributed by atoms with Gasteiger partial charge in [-0.2, -0.15) is 0 Å². The van der Waals surface area contributed by atoms with Gasteiger partial charge in [0.1, 0.15) is 5.82 Å². The number of hydrogen-bond donors (Lipinski definition) is 0. The van der Waals surface area contributed by atoms with E-state index in [1.54, 1.807) is 23.2 Å². The van der Waals surface area contributed by atoms with Crippen LogP contribution in [0, 0.1) is 0 Å². The van der Waals surface area contributed by atoms with Gasteiger partial charge in [-0.3, -0.25) is 9.69 Å². The first-order valence-corrected chi connectivity index (χ1v) is 5.66. The number of hydrogen-bond acceptors (Lipinski definition) is 2. The number of rotatable bonds is 1. The lowest BCUT2D eigenvalue weighted by atomic mass is 10.2. The number of pyridine rings is 1. The van der Waals surface area contributed by atoms with E-state index in [1.165, 1.54) is 0 Å². The third kappa shape index (κ3) is 1.59. The quantitative estimate of drug-likeness (QED) is 0.773. The fraction of sp³-hybridized carbons (Fsp3) is 0.0769. The molecule has 0 radical (unpaired) electrons. The van der Waals surface area contributed by atoms with E-state index < -0.39 is 0 Å². The average Bonchev–Trinajstić information content (AvgIpc) is 2.68. The number of carbonyl (C=O) groups excluding carboxylic acids is 1. The van der Waals surface area contributed by atoms with E-state index in [0.717, 1.165) is 11.3 Å². The largest absolute Gasteiger partial charge is 0.274 e. The molecule has 1 aliphatic rings. The molecule has 1 aliphatic heterocycles. The van der Waals surface area contributed by atoms with Crippen molar-refractivity contribution in [2.45, 2.75) is 6.42 Å². The molecular formula is C13H9ClN2O. The van der Waals surface area contributed by atoms with Crippen molar-refractivity contribution in [3.8, 4) is 0 Å². The second kappa shape index (κ2) is 3.86. The molecule has 3 rings (SSSR count). The highest BCUT2D eigenvalue weighted by atomic mass is 35.5. The van der Waals surface area contributed by atoms with Crippen LogP contribution < -0.4 is 4.90 Å². The number of fused-ring (bicyclic) bond motifs is 1. The van der Waals surface area contributed by atoms with Crippen LogP contribution in [0.4, 0.5) is 11.5 Å².